The van der Waals surface area contributed by atoms with Crippen molar-refractivity contribution in [2.24, 2.45) is 4.99 Å². The van der Waals surface area contributed by atoms with Crippen molar-refractivity contribution in [3.63, 3.8) is 0 Å². The minimum Gasteiger partial charge on any atom is -0.493 e. The van der Waals surface area contributed by atoms with E-state index in [1.807, 2.05) is 72.8 Å². The first-order chi connectivity index (χ1) is 18.0. The molecule has 4 aromatic rings. The molecule has 0 fully saturated rings. The van der Waals surface area contributed by atoms with Crippen molar-refractivity contribution >= 4 is 29.0 Å². The van der Waals surface area contributed by atoms with Crippen LogP contribution in [-0.4, -0.2) is 24.7 Å². The molecule has 0 saturated carbocycles. The molecule has 7 nitrogen and oxygen atoms in total. The lowest BCUT2D eigenvalue weighted by Crippen LogP contribution is -2.40. The SMILES string of the molecule is COc1cccc(/C=c2\sc3n(c2=O)[C@H](c2ccccc2)C(C(=O)Nc2ccccc2)=C(C)N=3)c1OC. The van der Waals surface area contributed by atoms with Gasteiger partial charge in [-0.2, -0.15) is 0 Å². The van der Waals surface area contributed by atoms with E-state index in [9.17, 15) is 9.59 Å². The quantitative estimate of drug-likeness (QED) is 0.426. The number of anilines is 1. The molecule has 0 saturated heterocycles. The molecule has 3 aromatic carbocycles. The fraction of sp³-hybridized carbons (Fsp3) is 0.138. The molecular formula is C29H25N3O4S. The maximum absolute atomic E-state index is 13.8. The first-order valence-corrected chi connectivity index (χ1v) is 12.5. The van der Waals surface area contributed by atoms with Crippen molar-refractivity contribution in [3.05, 3.63) is 121 Å². The summed E-state index contributed by atoms with van der Waals surface area (Å²) in [5.41, 5.74) is 2.95. The highest BCUT2D eigenvalue weighted by Crippen LogP contribution is 2.32. The van der Waals surface area contributed by atoms with Crippen LogP contribution in [0, 0.1) is 0 Å². The first kappa shape index (κ1) is 24.3. The van der Waals surface area contributed by atoms with Gasteiger partial charge in [-0.1, -0.05) is 72.0 Å². The number of methoxy groups -OCH3 is 2. The van der Waals surface area contributed by atoms with Crippen LogP contribution in [0.1, 0.15) is 24.1 Å². The zero-order chi connectivity index (χ0) is 25.9. The minimum absolute atomic E-state index is 0.236. The first-order valence-electron chi connectivity index (χ1n) is 11.7. The third-order valence-electron chi connectivity index (χ3n) is 6.13. The molecule has 2 heterocycles. The zero-order valence-corrected chi connectivity index (χ0v) is 21.4. The molecule has 1 aliphatic rings. The fourth-order valence-corrected chi connectivity index (χ4v) is 5.49. The molecule has 5 rings (SSSR count). The number of nitrogens with one attached hydrogen (secondary N) is 1. The third-order valence-corrected chi connectivity index (χ3v) is 7.12. The number of carbonyl (C=O) groups is 1. The molecule has 1 aliphatic heterocycles. The Morgan fingerprint density at radius 3 is 2.35 bits per heavy atom. The van der Waals surface area contributed by atoms with E-state index in [2.05, 4.69) is 10.3 Å². The Balaban J connectivity index is 1.68. The molecule has 0 aliphatic carbocycles. The summed E-state index contributed by atoms with van der Waals surface area (Å²) in [6, 6.07) is 23.6. The summed E-state index contributed by atoms with van der Waals surface area (Å²) in [5, 5.41) is 2.96. The van der Waals surface area contributed by atoms with Gasteiger partial charge in [-0.3, -0.25) is 14.2 Å². The number of amides is 1. The number of ether oxygens (including phenoxy) is 2. The number of aromatic nitrogens is 1. The van der Waals surface area contributed by atoms with E-state index < -0.39 is 6.04 Å². The van der Waals surface area contributed by atoms with Gasteiger partial charge >= 0.3 is 0 Å². The summed E-state index contributed by atoms with van der Waals surface area (Å²) in [5.74, 6) is 0.807. The van der Waals surface area contributed by atoms with Gasteiger partial charge in [0, 0.05) is 11.3 Å². The van der Waals surface area contributed by atoms with Crippen LogP contribution in [0.4, 0.5) is 5.69 Å². The van der Waals surface area contributed by atoms with Crippen molar-refractivity contribution < 1.29 is 14.3 Å². The van der Waals surface area contributed by atoms with Crippen LogP contribution in [0.3, 0.4) is 0 Å². The monoisotopic (exact) mass is 511 g/mol. The van der Waals surface area contributed by atoms with Crippen LogP contribution < -0.4 is 29.7 Å². The van der Waals surface area contributed by atoms with E-state index in [-0.39, 0.29) is 11.5 Å². The molecule has 8 heteroatoms. The summed E-state index contributed by atoms with van der Waals surface area (Å²) in [7, 11) is 3.13. The summed E-state index contributed by atoms with van der Waals surface area (Å²) in [6.45, 7) is 1.80. The molecular weight excluding hydrogens is 486 g/mol. The lowest BCUT2D eigenvalue weighted by atomic mass is 9.95. The van der Waals surface area contributed by atoms with E-state index in [4.69, 9.17) is 9.47 Å². The minimum atomic E-state index is -0.629. The number of allylic oxidation sites excluding steroid dienone is 1. The molecule has 0 radical (unpaired) electrons. The van der Waals surface area contributed by atoms with Crippen LogP contribution in [0.15, 0.2) is 99.9 Å². The smallest absolute Gasteiger partial charge is 0.271 e. The van der Waals surface area contributed by atoms with Gasteiger partial charge in [-0.25, -0.2) is 4.99 Å². The molecule has 0 spiro atoms. The van der Waals surface area contributed by atoms with E-state index >= 15 is 0 Å². The van der Waals surface area contributed by atoms with E-state index in [1.165, 1.54) is 11.3 Å². The van der Waals surface area contributed by atoms with Crippen molar-refractivity contribution in [2.75, 3.05) is 19.5 Å². The highest BCUT2D eigenvalue weighted by atomic mass is 32.1. The van der Waals surface area contributed by atoms with Crippen molar-refractivity contribution in [1.82, 2.24) is 4.57 Å². The zero-order valence-electron chi connectivity index (χ0n) is 20.6. The second kappa shape index (κ2) is 10.3. The van der Waals surface area contributed by atoms with Crippen molar-refractivity contribution in [3.8, 4) is 11.5 Å². The van der Waals surface area contributed by atoms with Gasteiger partial charge in [0.25, 0.3) is 11.5 Å². The van der Waals surface area contributed by atoms with Crippen LogP contribution in [0.5, 0.6) is 11.5 Å². The molecule has 186 valence electrons. The Morgan fingerprint density at radius 1 is 0.973 bits per heavy atom. The number of thiazole rings is 1. The average Bonchev–Trinajstić information content (AvgIpc) is 3.22. The Morgan fingerprint density at radius 2 is 1.68 bits per heavy atom. The number of rotatable bonds is 6. The summed E-state index contributed by atoms with van der Waals surface area (Å²) >= 11 is 1.28. The van der Waals surface area contributed by atoms with Gasteiger partial charge in [0.05, 0.1) is 36.1 Å². The van der Waals surface area contributed by atoms with Gasteiger partial charge < -0.3 is 14.8 Å². The maximum atomic E-state index is 13.8. The van der Waals surface area contributed by atoms with Crippen molar-refractivity contribution in [2.45, 2.75) is 13.0 Å². The molecule has 0 unspecified atom stereocenters. The van der Waals surface area contributed by atoms with Crippen LogP contribution in [-0.2, 0) is 4.79 Å². The average molecular weight is 512 g/mol. The third kappa shape index (κ3) is 4.59. The topological polar surface area (TPSA) is 81.9 Å². The number of fused-ring (bicyclic) bond motifs is 1. The summed E-state index contributed by atoms with van der Waals surface area (Å²) in [4.78, 5) is 32.6. The van der Waals surface area contributed by atoms with Gasteiger partial charge in [-0.15, -0.1) is 0 Å². The van der Waals surface area contributed by atoms with Gasteiger partial charge in [0.15, 0.2) is 16.3 Å². The number of para-hydroxylation sites is 2. The van der Waals surface area contributed by atoms with Gasteiger partial charge in [-0.05, 0) is 36.8 Å². The Kier molecular flexibility index (Phi) is 6.74. The number of nitrogens with zero attached hydrogens (tertiary/aromatic N) is 2. The van der Waals surface area contributed by atoms with E-state index in [0.717, 1.165) is 5.56 Å². The fourth-order valence-electron chi connectivity index (χ4n) is 4.45. The maximum Gasteiger partial charge on any atom is 0.271 e. The predicted molar refractivity (Wildman–Crippen MR) is 145 cm³/mol. The summed E-state index contributed by atoms with van der Waals surface area (Å²) < 4.78 is 13.0. The highest BCUT2D eigenvalue weighted by Gasteiger charge is 2.32. The molecule has 1 N–H and O–H groups in total. The van der Waals surface area contributed by atoms with Crippen LogP contribution >= 0.6 is 11.3 Å². The predicted octanol–water partition coefficient (Wildman–Crippen LogP) is 3.89. The van der Waals surface area contributed by atoms with E-state index in [1.54, 1.807) is 37.9 Å². The number of carbonyl (C=O) groups excluding carboxylic acids is 1. The molecule has 1 atom stereocenters. The van der Waals surface area contributed by atoms with Gasteiger partial charge in [0.1, 0.15) is 0 Å². The molecule has 37 heavy (non-hydrogen) atoms. The van der Waals surface area contributed by atoms with Crippen LogP contribution in [0.2, 0.25) is 0 Å². The van der Waals surface area contributed by atoms with Crippen molar-refractivity contribution in [1.29, 1.82) is 0 Å². The van der Waals surface area contributed by atoms with Gasteiger partial charge in [0.2, 0.25) is 0 Å². The second-order valence-electron chi connectivity index (χ2n) is 8.40. The van der Waals surface area contributed by atoms with E-state index in [0.29, 0.717) is 43.4 Å². The largest absolute Gasteiger partial charge is 0.493 e. The normalized spacial score (nSPS) is 15.1. The highest BCUT2D eigenvalue weighted by molar-refractivity contribution is 7.07. The Bertz CT molecular complexity index is 1670. The molecule has 1 amide bonds. The summed E-state index contributed by atoms with van der Waals surface area (Å²) in [6.07, 6.45) is 1.77. The van der Waals surface area contributed by atoms with Crippen LogP contribution in [0.25, 0.3) is 6.08 Å². The second-order valence-corrected chi connectivity index (χ2v) is 9.40. The number of benzene rings is 3. The standard InChI is InChI=1S/C29H25N3O4S/c1-18-24(27(33)31-21-14-8-5-9-15-21)25(19-11-6-4-7-12-19)32-28(34)23(37-29(32)30-18)17-20-13-10-16-22(35-2)26(20)36-3/h4-17,25H,1-3H3,(H,31,33)/b23-17-/t25-/m1/s1. The lowest BCUT2D eigenvalue weighted by Gasteiger charge is -2.25. The number of hydrogen-bond acceptors (Lipinski definition) is 6. The Labute approximate surface area is 217 Å². The lowest BCUT2D eigenvalue weighted by molar-refractivity contribution is -0.113. The Hall–Kier alpha value is -4.43. The molecule has 0 bridgehead atoms. The molecule has 1 aromatic heterocycles. The number of hydrogen-bond donors (Lipinski definition) is 1.